The molecule has 3 heterocycles. The molecule has 4 rings (SSSR count). The average molecular weight is 399 g/mol. The summed E-state index contributed by atoms with van der Waals surface area (Å²) in [5, 5.41) is 0.0207. The maximum absolute atomic E-state index is 14.3. The highest BCUT2D eigenvalue weighted by molar-refractivity contribution is 9.10. The lowest BCUT2D eigenvalue weighted by atomic mass is 9.80. The summed E-state index contributed by atoms with van der Waals surface area (Å²) in [7, 11) is 0. The van der Waals surface area contributed by atoms with Crippen LogP contribution in [-0.2, 0) is 10.3 Å². The Balaban J connectivity index is 2.04. The van der Waals surface area contributed by atoms with E-state index in [1.807, 2.05) is 6.07 Å². The highest BCUT2D eigenvalue weighted by atomic mass is 79.9. The number of nitrogens with zero attached hydrogens (tertiary/aromatic N) is 2. The Morgan fingerprint density at radius 1 is 1.30 bits per heavy atom. The van der Waals surface area contributed by atoms with Crippen molar-refractivity contribution in [2.24, 2.45) is 10.7 Å². The third-order valence-corrected chi connectivity index (χ3v) is 4.62. The second kappa shape index (κ2) is 5.07. The molecule has 0 bridgehead atoms. The number of rotatable bonds is 0. The molecule has 118 valence electrons. The lowest BCUT2D eigenvalue weighted by Gasteiger charge is -2.41. The molecule has 0 saturated carbocycles. The third-order valence-electron chi connectivity index (χ3n) is 3.93. The van der Waals surface area contributed by atoms with Crippen LogP contribution in [0.5, 0.6) is 11.5 Å². The van der Waals surface area contributed by atoms with Crippen LogP contribution < -0.4 is 10.5 Å². The van der Waals surface area contributed by atoms with Gasteiger partial charge in [0.2, 0.25) is 0 Å². The van der Waals surface area contributed by atoms with Gasteiger partial charge in [-0.1, -0.05) is 27.5 Å². The molecule has 2 N–H and O–H groups in total. The quantitative estimate of drug-likeness (QED) is 0.687. The van der Waals surface area contributed by atoms with Crippen LogP contribution in [0, 0.1) is 5.95 Å². The molecule has 1 spiro atoms. The van der Waals surface area contributed by atoms with Gasteiger partial charge < -0.3 is 15.2 Å². The van der Waals surface area contributed by atoms with Crippen LogP contribution in [0.25, 0.3) is 0 Å². The minimum Gasteiger partial charge on any atom is -0.452 e. The van der Waals surface area contributed by atoms with Gasteiger partial charge in [-0.05, 0) is 24.3 Å². The van der Waals surface area contributed by atoms with Crippen LogP contribution in [-0.4, -0.2) is 17.6 Å². The van der Waals surface area contributed by atoms with E-state index < -0.39 is 11.5 Å². The standard InChI is InChI=1S/C15H10BrClFN3O2/c16-7-1-2-10-8(5-7)15(3-4-20-14(19)23-15)9-6-11(17)21-13(18)12(9)22-10/h1-2,5-6H,3-4H2,(H2,19,20). The molecule has 0 fully saturated rings. The Morgan fingerprint density at radius 3 is 2.91 bits per heavy atom. The van der Waals surface area contributed by atoms with Crippen molar-refractivity contribution in [2.75, 3.05) is 6.54 Å². The smallest absolute Gasteiger partial charge is 0.283 e. The Morgan fingerprint density at radius 2 is 2.13 bits per heavy atom. The summed E-state index contributed by atoms with van der Waals surface area (Å²) in [6.07, 6.45) is 0.479. The van der Waals surface area contributed by atoms with Gasteiger partial charge in [0.05, 0.1) is 5.56 Å². The zero-order chi connectivity index (χ0) is 16.2. The summed E-state index contributed by atoms with van der Waals surface area (Å²) in [6, 6.07) is 7.00. The number of hydrogen-bond acceptors (Lipinski definition) is 5. The number of benzene rings is 1. The predicted octanol–water partition coefficient (Wildman–Crippen LogP) is 3.72. The van der Waals surface area contributed by atoms with Crippen molar-refractivity contribution in [3.05, 3.63) is 51.0 Å². The van der Waals surface area contributed by atoms with Crippen LogP contribution in [0.15, 0.2) is 33.7 Å². The number of ether oxygens (including phenoxy) is 2. The molecule has 8 heteroatoms. The largest absolute Gasteiger partial charge is 0.452 e. The molecule has 0 aliphatic carbocycles. The summed E-state index contributed by atoms with van der Waals surface area (Å²) in [4.78, 5) is 7.69. The van der Waals surface area contributed by atoms with E-state index in [4.69, 9.17) is 26.8 Å². The maximum Gasteiger partial charge on any atom is 0.283 e. The lowest BCUT2D eigenvalue weighted by molar-refractivity contribution is 0.0623. The Hall–Kier alpha value is -1.86. The molecule has 23 heavy (non-hydrogen) atoms. The monoisotopic (exact) mass is 397 g/mol. The number of aromatic nitrogens is 1. The second-order valence-electron chi connectivity index (χ2n) is 5.25. The molecule has 1 aromatic heterocycles. The highest BCUT2D eigenvalue weighted by Crippen LogP contribution is 2.53. The number of amidine groups is 1. The molecule has 5 nitrogen and oxygen atoms in total. The molecule has 0 saturated heterocycles. The number of nitrogens with two attached hydrogens (primary N) is 1. The lowest BCUT2D eigenvalue weighted by Crippen LogP contribution is -2.42. The number of halogens is 3. The summed E-state index contributed by atoms with van der Waals surface area (Å²) < 4.78 is 26.7. The number of pyridine rings is 1. The van der Waals surface area contributed by atoms with E-state index in [0.717, 1.165) is 10.0 Å². The molecular formula is C15H10BrClFN3O2. The Bertz CT molecular complexity index is 861. The van der Waals surface area contributed by atoms with Crippen molar-refractivity contribution in [2.45, 2.75) is 12.0 Å². The summed E-state index contributed by atoms with van der Waals surface area (Å²) in [5.74, 6) is -0.303. The average Bonchev–Trinajstić information content (AvgIpc) is 2.50. The van der Waals surface area contributed by atoms with Crippen molar-refractivity contribution < 1.29 is 13.9 Å². The van der Waals surface area contributed by atoms with Gasteiger partial charge in [-0.2, -0.15) is 4.39 Å². The zero-order valence-electron chi connectivity index (χ0n) is 11.6. The predicted molar refractivity (Wildman–Crippen MR) is 86.4 cm³/mol. The molecule has 0 radical (unpaired) electrons. The van der Waals surface area contributed by atoms with Crippen LogP contribution in [0.4, 0.5) is 4.39 Å². The minimum absolute atomic E-state index is 0.000998. The van der Waals surface area contributed by atoms with E-state index in [1.165, 1.54) is 0 Å². The molecule has 2 aliphatic heterocycles. The van der Waals surface area contributed by atoms with Gasteiger partial charge in [-0.3, -0.25) is 0 Å². The normalized spacial score (nSPS) is 21.8. The Labute approximate surface area is 144 Å². The SMILES string of the molecule is NC1=NCCC2(O1)c1cc(Br)ccc1Oc1c2cc(Cl)nc1F. The van der Waals surface area contributed by atoms with Crippen LogP contribution in [0.2, 0.25) is 5.15 Å². The van der Waals surface area contributed by atoms with Gasteiger partial charge in [-0.25, -0.2) is 9.98 Å². The van der Waals surface area contributed by atoms with Crippen LogP contribution >= 0.6 is 27.5 Å². The molecular weight excluding hydrogens is 389 g/mol. The fraction of sp³-hybridized carbons (Fsp3) is 0.200. The van der Waals surface area contributed by atoms with Crippen molar-refractivity contribution in [3.63, 3.8) is 0 Å². The second-order valence-corrected chi connectivity index (χ2v) is 6.56. The summed E-state index contributed by atoms with van der Waals surface area (Å²) in [5.41, 5.74) is 5.99. The van der Waals surface area contributed by atoms with Gasteiger partial charge in [0, 0.05) is 23.0 Å². The van der Waals surface area contributed by atoms with E-state index >= 15 is 0 Å². The zero-order valence-corrected chi connectivity index (χ0v) is 14.0. The van der Waals surface area contributed by atoms with Crippen LogP contribution in [0.1, 0.15) is 17.5 Å². The topological polar surface area (TPSA) is 69.7 Å². The van der Waals surface area contributed by atoms with Gasteiger partial charge in [0.15, 0.2) is 11.4 Å². The molecule has 0 amide bonds. The van der Waals surface area contributed by atoms with Crippen molar-refractivity contribution in [1.82, 2.24) is 4.98 Å². The number of aliphatic imine (C=N–C) groups is 1. The van der Waals surface area contributed by atoms with Crippen molar-refractivity contribution >= 4 is 33.6 Å². The van der Waals surface area contributed by atoms with Crippen molar-refractivity contribution in [3.8, 4) is 11.5 Å². The van der Waals surface area contributed by atoms with E-state index in [-0.39, 0.29) is 16.9 Å². The molecule has 2 aromatic rings. The first-order valence-electron chi connectivity index (χ1n) is 6.83. The first-order chi connectivity index (χ1) is 11.0. The first kappa shape index (κ1) is 14.7. The number of hydrogen-bond donors (Lipinski definition) is 1. The van der Waals surface area contributed by atoms with Crippen molar-refractivity contribution in [1.29, 1.82) is 0 Å². The van der Waals surface area contributed by atoms with Gasteiger partial charge in [0.1, 0.15) is 10.9 Å². The fourth-order valence-electron chi connectivity index (χ4n) is 3.00. The summed E-state index contributed by atoms with van der Waals surface area (Å²) in [6.45, 7) is 0.443. The third kappa shape index (κ3) is 2.18. The Kier molecular flexibility index (Phi) is 3.24. The highest BCUT2D eigenvalue weighted by Gasteiger charge is 2.48. The van der Waals surface area contributed by atoms with Gasteiger partial charge in [0.25, 0.3) is 12.0 Å². The molecule has 1 atom stereocenters. The number of fused-ring (bicyclic) bond motifs is 4. The molecule has 1 aromatic carbocycles. The maximum atomic E-state index is 14.3. The van der Waals surface area contributed by atoms with E-state index in [9.17, 15) is 4.39 Å². The molecule has 2 aliphatic rings. The van der Waals surface area contributed by atoms with Gasteiger partial charge >= 0.3 is 0 Å². The van der Waals surface area contributed by atoms with E-state index in [2.05, 4.69) is 25.9 Å². The fourth-order valence-corrected chi connectivity index (χ4v) is 3.54. The van der Waals surface area contributed by atoms with Gasteiger partial charge in [-0.15, -0.1) is 0 Å². The van der Waals surface area contributed by atoms with Crippen LogP contribution in [0.3, 0.4) is 0 Å². The molecule has 1 unspecified atom stereocenters. The van der Waals surface area contributed by atoms with E-state index in [1.54, 1.807) is 18.2 Å². The first-order valence-corrected chi connectivity index (χ1v) is 8.00. The summed E-state index contributed by atoms with van der Waals surface area (Å²) >= 11 is 9.39. The van der Waals surface area contributed by atoms with E-state index in [0.29, 0.717) is 24.3 Å². The minimum atomic E-state index is -1.01.